The van der Waals surface area contributed by atoms with Crippen molar-refractivity contribution >= 4 is 17.3 Å². The number of hydrogen-bond donors (Lipinski definition) is 1. The van der Waals surface area contributed by atoms with E-state index in [4.69, 9.17) is 0 Å². The first-order chi connectivity index (χ1) is 12.5. The average Bonchev–Trinajstić information content (AvgIpc) is 2.67. The van der Waals surface area contributed by atoms with E-state index in [1.807, 2.05) is 11.0 Å². The molecule has 0 radical (unpaired) electrons. The summed E-state index contributed by atoms with van der Waals surface area (Å²) in [6, 6.07) is 10.2. The molecular weight excluding hydrogens is 331 g/mol. The zero-order valence-electron chi connectivity index (χ0n) is 15.3. The molecule has 1 amide bonds. The van der Waals surface area contributed by atoms with Gasteiger partial charge in [-0.3, -0.25) is 4.79 Å². The van der Waals surface area contributed by atoms with E-state index >= 15 is 0 Å². The highest BCUT2D eigenvalue weighted by Gasteiger charge is 2.23. The normalized spacial score (nSPS) is 14.6. The number of halogens is 1. The number of carbonyl (C=O) groups is 1. The second-order valence-corrected chi connectivity index (χ2v) is 6.96. The predicted octanol–water partition coefficient (Wildman–Crippen LogP) is 3.25. The summed E-state index contributed by atoms with van der Waals surface area (Å²) in [5.41, 5.74) is 2.38. The lowest BCUT2D eigenvalue weighted by Crippen LogP contribution is -2.49. The summed E-state index contributed by atoms with van der Waals surface area (Å²) in [5, 5.41) is 3.30. The molecule has 138 valence electrons. The summed E-state index contributed by atoms with van der Waals surface area (Å²) in [6.07, 6.45) is 1.71. The zero-order chi connectivity index (χ0) is 18.5. The van der Waals surface area contributed by atoms with Crippen molar-refractivity contribution in [3.05, 3.63) is 54.1 Å². The first-order valence-corrected chi connectivity index (χ1v) is 9.02. The van der Waals surface area contributed by atoms with Gasteiger partial charge in [0.25, 0.3) is 5.91 Å². The summed E-state index contributed by atoms with van der Waals surface area (Å²) in [4.78, 5) is 20.9. The lowest BCUT2D eigenvalue weighted by Gasteiger charge is -2.36. The third-order valence-electron chi connectivity index (χ3n) is 4.46. The Labute approximate surface area is 153 Å². The number of amides is 1. The van der Waals surface area contributed by atoms with Crippen molar-refractivity contribution < 1.29 is 9.18 Å². The number of nitrogens with zero attached hydrogens (tertiary/aromatic N) is 3. The van der Waals surface area contributed by atoms with Gasteiger partial charge in [-0.2, -0.15) is 0 Å². The van der Waals surface area contributed by atoms with Gasteiger partial charge in [0, 0.05) is 38.4 Å². The molecule has 0 bridgehead atoms. The molecule has 0 aliphatic carbocycles. The zero-order valence-corrected chi connectivity index (χ0v) is 15.3. The van der Waals surface area contributed by atoms with Gasteiger partial charge in [0.15, 0.2) is 0 Å². The highest BCUT2D eigenvalue weighted by atomic mass is 19.1. The summed E-state index contributed by atoms with van der Waals surface area (Å²) < 4.78 is 13.0. The van der Waals surface area contributed by atoms with Crippen LogP contribution in [0.3, 0.4) is 0 Å². The van der Waals surface area contributed by atoms with E-state index in [2.05, 4.69) is 29.0 Å². The Morgan fingerprint density at radius 3 is 2.38 bits per heavy atom. The van der Waals surface area contributed by atoms with E-state index in [9.17, 15) is 9.18 Å². The number of piperazine rings is 1. The Hall–Kier alpha value is -2.63. The van der Waals surface area contributed by atoms with Gasteiger partial charge in [0.05, 0.1) is 11.9 Å². The van der Waals surface area contributed by atoms with Crippen LogP contribution in [0.4, 0.5) is 15.8 Å². The Morgan fingerprint density at radius 2 is 1.81 bits per heavy atom. The van der Waals surface area contributed by atoms with Crippen LogP contribution in [-0.4, -0.2) is 48.5 Å². The Balaban J connectivity index is 1.55. The first-order valence-electron chi connectivity index (χ1n) is 9.02. The number of hydrogen-bond acceptors (Lipinski definition) is 4. The Bertz CT molecular complexity index is 722. The van der Waals surface area contributed by atoms with Crippen LogP contribution >= 0.6 is 0 Å². The maximum absolute atomic E-state index is 13.0. The van der Waals surface area contributed by atoms with Gasteiger partial charge in [0.1, 0.15) is 11.5 Å². The highest BCUT2D eigenvalue weighted by molar-refractivity contribution is 5.92. The first kappa shape index (κ1) is 18.2. The van der Waals surface area contributed by atoms with Crippen LogP contribution in [0.1, 0.15) is 24.3 Å². The molecule has 5 nitrogen and oxygen atoms in total. The van der Waals surface area contributed by atoms with Gasteiger partial charge < -0.3 is 15.1 Å². The summed E-state index contributed by atoms with van der Waals surface area (Å²) in [7, 11) is 0. The molecule has 2 heterocycles. The predicted molar refractivity (Wildman–Crippen MR) is 102 cm³/mol. The molecule has 0 spiro atoms. The van der Waals surface area contributed by atoms with Crippen LogP contribution in [0, 0.1) is 11.7 Å². The Kier molecular flexibility index (Phi) is 5.71. The quantitative estimate of drug-likeness (QED) is 0.893. The number of aromatic nitrogens is 1. The number of benzene rings is 1. The van der Waals surface area contributed by atoms with Crippen molar-refractivity contribution in [3.8, 4) is 0 Å². The lowest BCUT2D eigenvalue weighted by atomic mass is 10.2. The number of nitrogens with one attached hydrogen (secondary N) is 1. The lowest BCUT2D eigenvalue weighted by molar-refractivity contribution is 0.0741. The minimum absolute atomic E-state index is 0.0424. The molecule has 1 N–H and O–H groups in total. The van der Waals surface area contributed by atoms with Crippen LogP contribution in [0.15, 0.2) is 42.6 Å². The van der Waals surface area contributed by atoms with Gasteiger partial charge in [-0.15, -0.1) is 0 Å². The van der Waals surface area contributed by atoms with Crippen LogP contribution < -0.4 is 10.2 Å². The number of pyridine rings is 1. The van der Waals surface area contributed by atoms with Gasteiger partial charge in [-0.1, -0.05) is 13.8 Å². The fraction of sp³-hybridized carbons (Fsp3) is 0.400. The highest BCUT2D eigenvalue weighted by Crippen LogP contribution is 2.18. The molecule has 1 saturated heterocycles. The summed E-state index contributed by atoms with van der Waals surface area (Å²) in [5.74, 6) is 0.271. The fourth-order valence-electron chi connectivity index (χ4n) is 2.93. The fourth-order valence-corrected chi connectivity index (χ4v) is 2.93. The monoisotopic (exact) mass is 356 g/mol. The Morgan fingerprint density at radius 1 is 1.12 bits per heavy atom. The average molecular weight is 356 g/mol. The maximum atomic E-state index is 13.0. The second kappa shape index (κ2) is 8.17. The number of carbonyl (C=O) groups excluding carboxylic acids is 1. The molecule has 1 fully saturated rings. The van der Waals surface area contributed by atoms with E-state index < -0.39 is 0 Å². The molecule has 2 aromatic rings. The smallest absolute Gasteiger partial charge is 0.272 e. The molecule has 1 aliphatic rings. The molecule has 6 heteroatoms. The van der Waals surface area contributed by atoms with Crippen LogP contribution in [0.5, 0.6) is 0 Å². The van der Waals surface area contributed by atoms with Gasteiger partial charge in [-0.05, 0) is 42.3 Å². The van der Waals surface area contributed by atoms with Crippen LogP contribution in [-0.2, 0) is 0 Å². The van der Waals surface area contributed by atoms with Crippen molar-refractivity contribution in [2.24, 2.45) is 5.92 Å². The third kappa shape index (κ3) is 4.50. The molecule has 0 saturated carbocycles. The van der Waals surface area contributed by atoms with E-state index in [0.29, 0.717) is 24.7 Å². The summed E-state index contributed by atoms with van der Waals surface area (Å²) in [6.45, 7) is 7.88. The van der Waals surface area contributed by atoms with Crippen LogP contribution in [0.25, 0.3) is 0 Å². The molecule has 26 heavy (non-hydrogen) atoms. The van der Waals surface area contributed by atoms with Crippen molar-refractivity contribution in [3.63, 3.8) is 0 Å². The van der Waals surface area contributed by atoms with Crippen LogP contribution in [0.2, 0.25) is 0 Å². The minimum atomic E-state index is -0.236. The molecule has 0 atom stereocenters. The second-order valence-electron chi connectivity index (χ2n) is 6.96. The van der Waals surface area contributed by atoms with Gasteiger partial charge in [-0.25, -0.2) is 9.37 Å². The maximum Gasteiger partial charge on any atom is 0.272 e. The molecule has 3 rings (SSSR count). The largest absolute Gasteiger partial charge is 0.384 e. The number of rotatable bonds is 5. The van der Waals surface area contributed by atoms with Gasteiger partial charge >= 0.3 is 0 Å². The van der Waals surface area contributed by atoms with Crippen molar-refractivity contribution in [2.45, 2.75) is 13.8 Å². The molecule has 1 aromatic heterocycles. The number of anilines is 2. The summed E-state index contributed by atoms with van der Waals surface area (Å²) >= 11 is 0. The minimum Gasteiger partial charge on any atom is -0.384 e. The molecule has 0 unspecified atom stereocenters. The standard InChI is InChI=1S/C20H25FN4O/c1-15(2)13-22-17-5-8-19(23-14-17)20(26)25-11-9-24(10-12-25)18-6-3-16(21)4-7-18/h3-8,14-15,22H,9-13H2,1-2H3. The topological polar surface area (TPSA) is 48.5 Å². The van der Waals surface area contributed by atoms with Crippen molar-refractivity contribution in [2.75, 3.05) is 42.9 Å². The molecular formula is C20H25FN4O. The molecule has 1 aliphatic heterocycles. The van der Waals surface area contributed by atoms with E-state index in [0.717, 1.165) is 31.0 Å². The van der Waals surface area contributed by atoms with Crippen molar-refractivity contribution in [1.29, 1.82) is 0 Å². The third-order valence-corrected chi connectivity index (χ3v) is 4.46. The van der Waals surface area contributed by atoms with E-state index in [-0.39, 0.29) is 11.7 Å². The van der Waals surface area contributed by atoms with Crippen molar-refractivity contribution in [1.82, 2.24) is 9.88 Å². The molecule has 1 aromatic carbocycles. The van der Waals surface area contributed by atoms with Gasteiger partial charge in [0.2, 0.25) is 0 Å². The SMILES string of the molecule is CC(C)CNc1ccc(C(=O)N2CCN(c3ccc(F)cc3)CC2)nc1. The van der Waals surface area contributed by atoms with E-state index in [1.54, 1.807) is 24.4 Å². The van der Waals surface area contributed by atoms with E-state index in [1.165, 1.54) is 12.1 Å².